The molecule has 0 aliphatic heterocycles. The summed E-state index contributed by atoms with van der Waals surface area (Å²) in [5.74, 6) is -0.459. The van der Waals surface area contributed by atoms with Gasteiger partial charge in [0.2, 0.25) is 0 Å². The molecule has 1 aromatic carbocycles. The smallest absolute Gasteiger partial charge is 0.338 e. The summed E-state index contributed by atoms with van der Waals surface area (Å²) < 4.78 is 9.71. The first-order valence-corrected chi connectivity index (χ1v) is 5.09. The number of benzene rings is 1. The molecule has 1 rings (SSSR count). The number of rotatable bonds is 5. The van der Waals surface area contributed by atoms with Crippen molar-refractivity contribution in [3.8, 4) is 5.75 Å². The highest BCUT2D eigenvalue weighted by molar-refractivity contribution is 5.90. The molecule has 0 amide bonds. The second-order valence-electron chi connectivity index (χ2n) is 3.28. The van der Waals surface area contributed by atoms with E-state index in [1.165, 1.54) is 19.2 Å². The Kier molecular flexibility index (Phi) is 4.45. The number of nitrogens with zero attached hydrogens (tertiary/aromatic N) is 1. The molecule has 0 unspecified atom stereocenters. The average Bonchev–Trinajstić information content (AvgIpc) is 2.35. The van der Waals surface area contributed by atoms with Gasteiger partial charge in [0.25, 0.3) is 0 Å². The molecule has 0 N–H and O–H groups in total. The van der Waals surface area contributed by atoms with Crippen molar-refractivity contribution in [2.75, 3.05) is 13.7 Å². The van der Waals surface area contributed by atoms with Crippen LogP contribution >= 0.6 is 0 Å². The quantitative estimate of drug-likeness (QED) is 0.447. The van der Waals surface area contributed by atoms with E-state index in [1.54, 1.807) is 0 Å². The fourth-order valence-corrected chi connectivity index (χ4v) is 1.24. The molecule has 0 heterocycles. The van der Waals surface area contributed by atoms with E-state index in [-0.39, 0.29) is 17.0 Å². The molecule has 0 aliphatic carbocycles. The molecule has 0 atom stereocenters. The van der Waals surface area contributed by atoms with Gasteiger partial charge < -0.3 is 9.47 Å². The second-order valence-corrected chi connectivity index (χ2v) is 3.28. The topological polar surface area (TPSA) is 78.7 Å². The predicted octanol–water partition coefficient (Wildman–Crippen LogP) is 2.17. The zero-order valence-corrected chi connectivity index (χ0v) is 9.63. The minimum Gasteiger partial charge on any atom is -0.487 e. The summed E-state index contributed by atoms with van der Waals surface area (Å²) in [6.45, 7) is 2.28. The molecule has 0 bridgehead atoms. The van der Waals surface area contributed by atoms with Gasteiger partial charge in [0.05, 0.1) is 24.2 Å². The number of methoxy groups -OCH3 is 1. The molecule has 0 fully saturated rings. The molecule has 0 aliphatic rings. The van der Waals surface area contributed by atoms with E-state index in [4.69, 9.17) is 4.74 Å². The van der Waals surface area contributed by atoms with Crippen molar-refractivity contribution in [2.45, 2.75) is 13.3 Å². The molecular formula is C11H13NO5. The van der Waals surface area contributed by atoms with Gasteiger partial charge in [0.15, 0.2) is 5.75 Å². The Morgan fingerprint density at radius 1 is 1.47 bits per heavy atom. The molecular weight excluding hydrogens is 226 g/mol. The standard InChI is InChI=1S/C11H13NO5/c1-3-6-17-10-5-4-8(11(13)16-2)7-9(10)12(14)15/h4-5,7H,3,6H2,1-2H3. The lowest BCUT2D eigenvalue weighted by molar-refractivity contribution is -0.385. The minimum absolute atomic E-state index is 0.128. The summed E-state index contributed by atoms with van der Waals surface area (Å²) in [6.07, 6.45) is 0.746. The summed E-state index contributed by atoms with van der Waals surface area (Å²) >= 11 is 0. The molecule has 1 aromatic rings. The SMILES string of the molecule is CCCOc1ccc(C(=O)OC)cc1[N+](=O)[O-]. The van der Waals surface area contributed by atoms with Crippen molar-refractivity contribution < 1.29 is 19.2 Å². The minimum atomic E-state index is -0.616. The van der Waals surface area contributed by atoms with E-state index in [1.807, 2.05) is 6.92 Å². The molecule has 92 valence electrons. The Morgan fingerprint density at radius 2 is 2.18 bits per heavy atom. The van der Waals surface area contributed by atoms with Crippen molar-refractivity contribution >= 4 is 11.7 Å². The number of hydrogen-bond acceptors (Lipinski definition) is 5. The molecule has 0 saturated heterocycles. The van der Waals surface area contributed by atoms with Crippen LogP contribution in [0.1, 0.15) is 23.7 Å². The van der Waals surface area contributed by atoms with Gasteiger partial charge in [-0.1, -0.05) is 6.92 Å². The van der Waals surface area contributed by atoms with Crippen LogP contribution in [0.3, 0.4) is 0 Å². The fourth-order valence-electron chi connectivity index (χ4n) is 1.24. The number of esters is 1. The second kappa shape index (κ2) is 5.83. The number of ether oxygens (including phenoxy) is 2. The van der Waals surface area contributed by atoms with Crippen molar-refractivity contribution in [3.05, 3.63) is 33.9 Å². The van der Waals surface area contributed by atoms with Crippen molar-refractivity contribution in [1.82, 2.24) is 0 Å². The van der Waals surface area contributed by atoms with E-state index >= 15 is 0 Å². The lowest BCUT2D eigenvalue weighted by Gasteiger charge is -2.06. The zero-order valence-electron chi connectivity index (χ0n) is 9.63. The first kappa shape index (κ1) is 13.0. The van der Waals surface area contributed by atoms with Crippen molar-refractivity contribution in [1.29, 1.82) is 0 Å². The molecule has 0 spiro atoms. The van der Waals surface area contributed by atoms with E-state index < -0.39 is 10.9 Å². The molecule has 0 saturated carbocycles. The zero-order chi connectivity index (χ0) is 12.8. The van der Waals surface area contributed by atoms with Gasteiger partial charge >= 0.3 is 11.7 Å². The van der Waals surface area contributed by atoms with Crippen LogP contribution in [0.25, 0.3) is 0 Å². The molecule has 6 heteroatoms. The Balaban J connectivity index is 3.08. The lowest BCUT2D eigenvalue weighted by Crippen LogP contribution is -2.04. The number of nitro benzene ring substituents is 1. The first-order chi connectivity index (χ1) is 8.10. The monoisotopic (exact) mass is 239 g/mol. The van der Waals surface area contributed by atoms with Crippen LogP contribution < -0.4 is 4.74 Å². The average molecular weight is 239 g/mol. The maximum absolute atomic E-state index is 11.2. The van der Waals surface area contributed by atoms with Gasteiger partial charge in [-0.05, 0) is 18.6 Å². The van der Waals surface area contributed by atoms with Gasteiger partial charge in [-0.2, -0.15) is 0 Å². The Labute approximate surface area is 98.3 Å². The van der Waals surface area contributed by atoms with Crippen LogP contribution in [0.2, 0.25) is 0 Å². The Bertz CT molecular complexity index is 430. The summed E-state index contributed by atoms with van der Waals surface area (Å²) in [7, 11) is 1.22. The fraction of sp³-hybridized carbons (Fsp3) is 0.364. The van der Waals surface area contributed by atoms with E-state index in [2.05, 4.69) is 4.74 Å². The van der Waals surface area contributed by atoms with Crippen LogP contribution in [0.5, 0.6) is 5.75 Å². The number of hydrogen-bond donors (Lipinski definition) is 0. The largest absolute Gasteiger partial charge is 0.487 e. The highest BCUT2D eigenvalue weighted by Gasteiger charge is 2.18. The summed E-state index contributed by atoms with van der Waals surface area (Å²) in [5, 5.41) is 10.8. The van der Waals surface area contributed by atoms with Gasteiger partial charge in [-0.25, -0.2) is 4.79 Å². The summed E-state index contributed by atoms with van der Waals surface area (Å²) in [6, 6.07) is 3.99. The number of carbonyl (C=O) groups is 1. The summed E-state index contributed by atoms with van der Waals surface area (Å²) in [4.78, 5) is 21.5. The van der Waals surface area contributed by atoms with E-state index in [0.717, 1.165) is 12.5 Å². The van der Waals surface area contributed by atoms with Crippen LogP contribution in [-0.2, 0) is 4.74 Å². The molecule has 6 nitrogen and oxygen atoms in total. The normalized spacial score (nSPS) is 9.76. The van der Waals surface area contributed by atoms with E-state index in [9.17, 15) is 14.9 Å². The first-order valence-electron chi connectivity index (χ1n) is 5.09. The van der Waals surface area contributed by atoms with Crippen LogP contribution in [0, 0.1) is 10.1 Å². The maximum atomic E-state index is 11.2. The van der Waals surface area contributed by atoms with Gasteiger partial charge in [-0.15, -0.1) is 0 Å². The third-order valence-electron chi connectivity index (χ3n) is 2.04. The van der Waals surface area contributed by atoms with Gasteiger partial charge in [0.1, 0.15) is 0 Å². The molecule has 17 heavy (non-hydrogen) atoms. The number of nitro groups is 1. The van der Waals surface area contributed by atoms with Crippen molar-refractivity contribution in [3.63, 3.8) is 0 Å². The lowest BCUT2D eigenvalue weighted by atomic mass is 10.2. The number of carbonyl (C=O) groups excluding carboxylic acids is 1. The van der Waals surface area contributed by atoms with E-state index in [0.29, 0.717) is 6.61 Å². The Morgan fingerprint density at radius 3 is 2.71 bits per heavy atom. The Hall–Kier alpha value is -2.11. The van der Waals surface area contributed by atoms with Gasteiger partial charge in [0, 0.05) is 6.07 Å². The molecule has 0 aromatic heterocycles. The van der Waals surface area contributed by atoms with Crippen LogP contribution in [-0.4, -0.2) is 24.6 Å². The van der Waals surface area contributed by atoms with Crippen LogP contribution in [0.15, 0.2) is 18.2 Å². The van der Waals surface area contributed by atoms with Gasteiger partial charge in [-0.3, -0.25) is 10.1 Å². The third kappa shape index (κ3) is 3.17. The maximum Gasteiger partial charge on any atom is 0.338 e. The van der Waals surface area contributed by atoms with Crippen molar-refractivity contribution in [2.24, 2.45) is 0 Å². The predicted molar refractivity (Wildman–Crippen MR) is 60.2 cm³/mol. The summed E-state index contributed by atoms with van der Waals surface area (Å²) in [5.41, 5.74) is -0.107. The third-order valence-corrected chi connectivity index (χ3v) is 2.04. The highest BCUT2D eigenvalue weighted by Crippen LogP contribution is 2.28. The highest BCUT2D eigenvalue weighted by atomic mass is 16.6. The molecule has 0 radical (unpaired) electrons. The van der Waals surface area contributed by atoms with Crippen LogP contribution in [0.4, 0.5) is 5.69 Å².